The van der Waals surface area contributed by atoms with Gasteiger partial charge in [-0.05, 0) is 43.7 Å². The average molecular weight is 311 g/mol. The molecule has 2 aromatic carbocycles. The van der Waals surface area contributed by atoms with Gasteiger partial charge in [0.2, 0.25) is 0 Å². The molecule has 23 heavy (non-hydrogen) atoms. The lowest BCUT2D eigenvalue weighted by molar-refractivity contribution is -0.119. The van der Waals surface area contributed by atoms with Crippen LogP contribution in [0.3, 0.4) is 0 Å². The molecule has 0 saturated heterocycles. The zero-order chi connectivity index (χ0) is 16.5. The summed E-state index contributed by atoms with van der Waals surface area (Å²) >= 11 is 0. The minimum absolute atomic E-state index is 0.152. The molecule has 2 aromatic rings. The second kappa shape index (κ2) is 8.58. The van der Waals surface area contributed by atoms with Crippen molar-refractivity contribution < 1.29 is 9.53 Å². The summed E-state index contributed by atoms with van der Waals surface area (Å²) in [5.74, 6) is 0.604. The molecule has 2 rings (SSSR count). The molecule has 0 fully saturated rings. The Labute approximate surface area is 136 Å². The molecule has 5 nitrogen and oxygen atoms in total. The lowest BCUT2D eigenvalue weighted by Gasteiger charge is -2.07. The first-order valence-electron chi connectivity index (χ1n) is 7.52. The Morgan fingerprint density at radius 2 is 1.83 bits per heavy atom. The van der Waals surface area contributed by atoms with Crippen molar-refractivity contribution in [3.63, 3.8) is 0 Å². The fourth-order valence-electron chi connectivity index (χ4n) is 1.89. The van der Waals surface area contributed by atoms with Crippen LogP contribution in [0.1, 0.15) is 18.1 Å². The Bertz CT molecular complexity index is 649. The van der Waals surface area contributed by atoms with Crippen molar-refractivity contribution in [1.29, 1.82) is 0 Å². The van der Waals surface area contributed by atoms with E-state index in [0.717, 1.165) is 17.0 Å². The maximum Gasteiger partial charge on any atom is 0.259 e. The zero-order valence-corrected chi connectivity index (χ0v) is 13.4. The highest BCUT2D eigenvalue weighted by Crippen LogP contribution is 2.15. The third kappa shape index (κ3) is 5.82. The molecule has 0 saturated carbocycles. The molecule has 0 aliphatic heterocycles. The van der Waals surface area contributed by atoms with Crippen LogP contribution in [0.4, 0.5) is 5.69 Å². The third-order valence-electron chi connectivity index (χ3n) is 3.10. The Morgan fingerprint density at radius 3 is 2.48 bits per heavy atom. The summed E-state index contributed by atoms with van der Waals surface area (Å²) in [7, 11) is 0. The zero-order valence-electron chi connectivity index (χ0n) is 13.4. The number of rotatable bonds is 7. The fourth-order valence-corrected chi connectivity index (χ4v) is 1.89. The van der Waals surface area contributed by atoms with Crippen LogP contribution in [-0.4, -0.2) is 25.3 Å². The van der Waals surface area contributed by atoms with Crippen LogP contribution >= 0.6 is 0 Å². The number of benzene rings is 2. The Morgan fingerprint density at radius 1 is 1.13 bits per heavy atom. The quantitative estimate of drug-likeness (QED) is 0.610. The normalized spacial score (nSPS) is 10.5. The molecule has 0 spiro atoms. The van der Waals surface area contributed by atoms with Gasteiger partial charge in [-0.25, -0.2) is 5.43 Å². The number of hydrogen-bond donors (Lipinski definition) is 2. The van der Waals surface area contributed by atoms with Gasteiger partial charge in [0.05, 0.1) is 19.4 Å². The van der Waals surface area contributed by atoms with E-state index in [1.165, 1.54) is 5.56 Å². The highest BCUT2D eigenvalue weighted by atomic mass is 16.5. The minimum atomic E-state index is -0.206. The molecule has 120 valence electrons. The maximum absolute atomic E-state index is 11.7. The lowest BCUT2D eigenvalue weighted by atomic mass is 10.2. The third-order valence-corrected chi connectivity index (χ3v) is 3.10. The fraction of sp³-hybridized carbons (Fsp3) is 0.222. The molecule has 0 radical (unpaired) electrons. The molecule has 0 aliphatic rings. The number of amides is 1. The smallest absolute Gasteiger partial charge is 0.259 e. The summed E-state index contributed by atoms with van der Waals surface area (Å²) in [4.78, 5) is 11.7. The van der Waals surface area contributed by atoms with Crippen LogP contribution in [0.25, 0.3) is 0 Å². The molecule has 0 bridgehead atoms. The van der Waals surface area contributed by atoms with Gasteiger partial charge >= 0.3 is 0 Å². The van der Waals surface area contributed by atoms with Gasteiger partial charge in [0.25, 0.3) is 5.91 Å². The lowest BCUT2D eigenvalue weighted by Crippen LogP contribution is -2.25. The Hall–Kier alpha value is -2.82. The van der Waals surface area contributed by atoms with Crippen LogP contribution < -0.4 is 15.5 Å². The number of hydrazone groups is 1. The maximum atomic E-state index is 11.7. The number of aryl methyl sites for hydroxylation is 1. The average Bonchev–Trinajstić information content (AvgIpc) is 2.56. The predicted octanol–water partition coefficient (Wildman–Crippen LogP) is 2.96. The van der Waals surface area contributed by atoms with Gasteiger partial charge in [0.1, 0.15) is 5.75 Å². The number of nitrogens with zero attached hydrogens (tertiary/aromatic N) is 1. The minimum Gasteiger partial charge on any atom is -0.494 e. The van der Waals surface area contributed by atoms with Crippen molar-refractivity contribution in [2.75, 3.05) is 18.5 Å². The molecule has 0 unspecified atom stereocenters. The molecule has 5 heteroatoms. The molecule has 0 atom stereocenters. The van der Waals surface area contributed by atoms with Crippen LogP contribution in [0.5, 0.6) is 5.75 Å². The number of ether oxygens (including phenoxy) is 1. The first-order chi connectivity index (χ1) is 11.2. The van der Waals surface area contributed by atoms with Crippen molar-refractivity contribution in [2.24, 2.45) is 5.10 Å². The highest BCUT2D eigenvalue weighted by molar-refractivity contribution is 5.84. The molecule has 1 amide bonds. The van der Waals surface area contributed by atoms with Crippen molar-refractivity contribution in [3.8, 4) is 5.75 Å². The van der Waals surface area contributed by atoms with Gasteiger partial charge in [0, 0.05) is 5.69 Å². The van der Waals surface area contributed by atoms with E-state index in [9.17, 15) is 4.79 Å². The number of anilines is 1. The number of carbonyl (C=O) groups excluding carboxylic acids is 1. The largest absolute Gasteiger partial charge is 0.494 e. The summed E-state index contributed by atoms with van der Waals surface area (Å²) in [5, 5.41) is 6.97. The van der Waals surface area contributed by atoms with E-state index in [2.05, 4.69) is 15.8 Å². The van der Waals surface area contributed by atoms with E-state index in [4.69, 9.17) is 4.74 Å². The molecule has 0 aliphatic carbocycles. The van der Waals surface area contributed by atoms with Gasteiger partial charge in [-0.1, -0.05) is 29.8 Å². The van der Waals surface area contributed by atoms with E-state index >= 15 is 0 Å². The Kier molecular flexibility index (Phi) is 6.17. The monoisotopic (exact) mass is 311 g/mol. The summed E-state index contributed by atoms with van der Waals surface area (Å²) in [6.45, 7) is 4.75. The first-order valence-corrected chi connectivity index (χ1v) is 7.52. The second-order valence-electron chi connectivity index (χ2n) is 5.01. The molecular weight excluding hydrogens is 290 g/mol. The molecular formula is C18H21N3O2. The van der Waals surface area contributed by atoms with E-state index in [1.807, 2.05) is 62.4 Å². The second-order valence-corrected chi connectivity index (χ2v) is 5.01. The number of carbonyl (C=O) groups is 1. The molecule has 2 N–H and O–H groups in total. The van der Waals surface area contributed by atoms with Crippen molar-refractivity contribution >= 4 is 17.8 Å². The number of hydrogen-bond acceptors (Lipinski definition) is 4. The van der Waals surface area contributed by atoms with E-state index in [0.29, 0.717) is 6.61 Å². The standard InChI is InChI=1S/C18H21N3O2/c1-3-23-17-10-8-16(9-11-17)19-13-18(22)21-20-12-15-6-4-14(2)5-7-15/h4-12,19H,3,13H2,1-2H3,(H,21,22)/b20-12+. The topological polar surface area (TPSA) is 62.7 Å². The van der Waals surface area contributed by atoms with Crippen LogP contribution in [0.2, 0.25) is 0 Å². The van der Waals surface area contributed by atoms with Crippen LogP contribution in [0, 0.1) is 6.92 Å². The van der Waals surface area contributed by atoms with Gasteiger partial charge in [-0.15, -0.1) is 0 Å². The van der Waals surface area contributed by atoms with Gasteiger partial charge in [0.15, 0.2) is 0 Å². The summed E-state index contributed by atoms with van der Waals surface area (Å²) in [5.41, 5.74) is 5.47. The first kappa shape index (κ1) is 16.5. The van der Waals surface area contributed by atoms with Gasteiger partial charge in [-0.3, -0.25) is 4.79 Å². The van der Waals surface area contributed by atoms with E-state index < -0.39 is 0 Å². The van der Waals surface area contributed by atoms with E-state index in [1.54, 1.807) is 6.21 Å². The van der Waals surface area contributed by atoms with Gasteiger partial charge < -0.3 is 10.1 Å². The van der Waals surface area contributed by atoms with E-state index in [-0.39, 0.29) is 12.5 Å². The summed E-state index contributed by atoms with van der Waals surface area (Å²) in [6, 6.07) is 15.3. The van der Waals surface area contributed by atoms with Gasteiger partial charge in [-0.2, -0.15) is 5.10 Å². The SMILES string of the molecule is CCOc1ccc(NCC(=O)N/N=C/c2ccc(C)cc2)cc1. The highest BCUT2D eigenvalue weighted by Gasteiger charge is 2.00. The molecule has 0 heterocycles. The van der Waals surface area contributed by atoms with Crippen molar-refractivity contribution in [2.45, 2.75) is 13.8 Å². The summed E-state index contributed by atoms with van der Waals surface area (Å²) < 4.78 is 5.36. The van der Waals surface area contributed by atoms with Crippen molar-refractivity contribution in [1.82, 2.24) is 5.43 Å². The predicted molar refractivity (Wildman–Crippen MR) is 93.0 cm³/mol. The van der Waals surface area contributed by atoms with Crippen molar-refractivity contribution in [3.05, 3.63) is 59.7 Å². The van der Waals surface area contributed by atoms with Crippen LogP contribution in [-0.2, 0) is 4.79 Å². The molecule has 0 aromatic heterocycles. The Balaban J connectivity index is 1.75. The summed E-state index contributed by atoms with van der Waals surface area (Å²) in [6.07, 6.45) is 1.62. The van der Waals surface area contributed by atoms with Crippen LogP contribution in [0.15, 0.2) is 53.6 Å². The number of nitrogens with one attached hydrogen (secondary N) is 2.